The first-order valence-electron chi connectivity index (χ1n) is 9.79. The van der Waals surface area contributed by atoms with E-state index < -0.39 is 15.7 Å². The predicted octanol–water partition coefficient (Wildman–Crippen LogP) is 3.84. The zero-order valence-electron chi connectivity index (χ0n) is 16.6. The number of aryl methyl sites for hydroxylation is 1. The van der Waals surface area contributed by atoms with Crippen molar-refractivity contribution in [2.45, 2.75) is 42.4 Å². The zero-order chi connectivity index (χ0) is 21.1. The number of ether oxygens (including phenoxy) is 1. The van der Waals surface area contributed by atoms with Crippen molar-refractivity contribution in [3.05, 3.63) is 71.9 Å². The minimum absolute atomic E-state index is 0.0363. The lowest BCUT2D eigenvalue weighted by atomic mass is 10.2. The van der Waals surface area contributed by atoms with E-state index in [2.05, 4.69) is 0 Å². The SMILES string of the molecule is Cc1ccc(CN(CC2CCCO2)C(=O)c2ccc(S(=O)(=O)c3ccccc3)o2)o1. The minimum atomic E-state index is -3.84. The number of hydrogen-bond acceptors (Lipinski definition) is 6. The summed E-state index contributed by atoms with van der Waals surface area (Å²) in [6.45, 7) is 3.13. The van der Waals surface area contributed by atoms with Crippen LogP contribution in [0.2, 0.25) is 0 Å². The van der Waals surface area contributed by atoms with Gasteiger partial charge in [-0.3, -0.25) is 4.79 Å². The lowest BCUT2D eigenvalue weighted by Gasteiger charge is -2.23. The van der Waals surface area contributed by atoms with Crippen LogP contribution < -0.4 is 0 Å². The third kappa shape index (κ3) is 4.34. The summed E-state index contributed by atoms with van der Waals surface area (Å²) in [4.78, 5) is 14.8. The Labute approximate surface area is 175 Å². The second-order valence-electron chi connectivity index (χ2n) is 7.27. The molecule has 1 fully saturated rings. The summed E-state index contributed by atoms with van der Waals surface area (Å²) in [5, 5.41) is -0.261. The summed E-state index contributed by atoms with van der Waals surface area (Å²) in [5.41, 5.74) is 0. The standard InChI is InChI=1S/C22H23NO6S/c1-16-9-10-18(28-16)15-23(14-17-6-5-13-27-17)22(24)20-11-12-21(29-20)30(25,26)19-7-3-2-4-8-19/h2-4,7-12,17H,5-6,13-15H2,1H3. The van der Waals surface area contributed by atoms with Gasteiger partial charge in [0.15, 0.2) is 5.76 Å². The summed E-state index contributed by atoms with van der Waals surface area (Å²) in [7, 11) is -3.84. The normalized spacial score (nSPS) is 16.6. The van der Waals surface area contributed by atoms with E-state index >= 15 is 0 Å². The summed E-state index contributed by atoms with van der Waals surface area (Å²) >= 11 is 0. The molecule has 3 heterocycles. The van der Waals surface area contributed by atoms with Crippen molar-refractivity contribution in [3.8, 4) is 0 Å². The average molecular weight is 429 g/mol. The Bertz CT molecular complexity index is 1110. The van der Waals surface area contributed by atoms with Crippen LogP contribution in [0.3, 0.4) is 0 Å². The molecular weight excluding hydrogens is 406 g/mol. The van der Waals surface area contributed by atoms with Crippen molar-refractivity contribution in [1.29, 1.82) is 0 Å². The monoisotopic (exact) mass is 429 g/mol. The van der Waals surface area contributed by atoms with Crippen LogP contribution in [0.15, 0.2) is 73.4 Å². The molecule has 7 nitrogen and oxygen atoms in total. The molecule has 30 heavy (non-hydrogen) atoms. The van der Waals surface area contributed by atoms with Crippen LogP contribution in [0.1, 0.15) is 34.9 Å². The fraction of sp³-hybridized carbons (Fsp3) is 0.318. The zero-order valence-corrected chi connectivity index (χ0v) is 17.4. The Hall–Kier alpha value is -2.84. The number of hydrogen-bond donors (Lipinski definition) is 0. The minimum Gasteiger partial charge on any atom is -0.464 e. The molecule has 1 unspecified atom stereocenters. The van der Waals surface area contributed by atoms with Gasteiger partial charge in [0.2, 0.25) is 14.9 Å². The van der Waals surface area contributed by atoms with Crippen molar-refractivity contribution in [3.63, 3.8) is 0 Å². The molecule has 0 aliphatic carbocycles. The molecule has 1 aliphatic heterocycles. The van der Waals surface area contributed by atoms with Crippen LogP contribution in [0.5, 0.6) is 0 Å². The first-order valence-corrected chi connectivity index (χ1v) is 11.3. The van der Waals surface area contributed by atoms with Crippen molar-refractivity contribution in [2.24, 2.45) is 0 Å². The molecule has 8 heteroatoms. The van der Waals surface area contributed by atoms with Gasteiger partial charge < -0.3 is 18.5 Å². The van der Waals surface area contributed by atoms with Crippen molar-refractivity contribution in [1.82, 2.24) is 4.90 Å². The molecule has 0 bridgehead atoms. The van der Waals surface area contributed by atoms with E-state index in [0.717, 1.165) is 18.6 Å². The number of nitrogens with zero attached hydrogens (tertiary/aromatic N) is 1. The number of rotatable bonds is 7. The lowest BCUT2D eigenvalue weighted by molar-refractivity contribution is 0.0463. The molecular formula is C22H23NO6S. The Morgan fingerprint density at radius 1 is 1.07 bits per heavy atom. The molecule has 158 valence electrons. The molecule has 4 rings (SSSR count). The maximum atomic E-state index is 13.2. The van der Waals surface area contributed by atoms with Crippen molar-refractivity contribution >= 4 is 15.7 Å². The smallest absolute Gasteiger partial charge is 0.290 e. The van der Waals surface area contributed by atoms with E-state index in [-0.39, 0.29) is 28.4 Å². The third-order valence-electron chi connectivity index (χ3n) is 4.99. The topological polar surface area (TPSA) is 90.0 Å². The average Bonchev–Trinajstić information content (AvgIpc) is 3.50. The maximum Gasteiger partial charge on any atom is 0.290 e. The van der Waals surface area contributed by atoms with Gasteiger partial charge in [-0.2, -0.15) is 0 Å². The Balaban J connectivity index is 1.58. The molecule has 0 N–H and O–H groups in total. The first kappa shape index (κ1) is 20.4. The highest BCUT2D eigenvalue weighted by Crippen LogP contribution is 2.24. The van der Waals surface area contributed by atoms with Gasteiger partial charge in [0.25, 0.3) is 5.91 Å². The van der Waals surface area contributed by atoms with Gasteiger partial charge in [0, 0.05) is 13.2 Å². The highest BCUT2D eigenvalue weighted by Gasteiger charge is 2.28. The summed E-state index contributed by atoms with van der Waals surface area (Å²) in [6.07, 6.45) is 1.76. The van der Waals surface area contributed by atoms with Crippen LogP contribution >= 0.6 is 0 Å². The number of furan rings is 2. The Kier molecular flexibility index (Phi) is 5.78. The van der Waals surface area contributed by atoms with E-state index in [1.54, 1.807) is 23.1 Å². The number of carbonyl (C=O) groups excluding carboxylic acids is 1. The van der Waals surface area contributed by atoms with Gasteiger partial charge in [-0.15, -0.1) is 0 Å². The second kappa shape index (κ2) is 8.49. The van der Waals surface area contributed by atoms with Crippen molar-refractivity contribution < 1.29 is 26.8 Å². The number of benzene rings is 1. The summed E-state index contributed by atoms with van der Waals surface area (Å²) < 4.78 is 42.3. The Morgan fingerprint density at radius 2 is 1.87 bits per heavy atom. The predicted molar refractivity (Wildman–Crippen MR) is 108 cm³/mol. The van der Waals surface area contributed by atoms with E-state index in [4.69, 9.17) is 13.6 Å². The van der Waals surface area contributed by atoms with Crippen LogP contribution in [-0.4, -0.2) is 38.5 Å². The van der Waals surface area contributed by atoms with Gasteiger partial charge >= 0.3 is 0 Å². The highest BCUT2D eigenvalue weighted by atomic mass is 32.2. The fourth-order valence-corrected chi connectivity index (χ4v) is 4.66. The molecule has 1 saturated heterocycles. The van der Waals surface area contributed by atoms with E-state index in [9.17, 15) is 13.2 Å². The number of amides is 1. The van der Waals surface area contributed by atoms with Gasteiger partial charge in [-0.05, 0) is 56.2 Å². The van der Waals surface area contributed by atoms with Gasteiger partial charge in [0.05, 0.1) is 17.5 Å². The molecule has 0 saturated carbocycles. The fourth-order valence-electron chi connectivity index (χ4n) is 3.46. The third-order valence-corrected chi connectivity index (χ3v) is 6.63. The van der Waals surface area contributed by atoms with E-state index in [1.807, 2.05) is 19.1 Å². The van der Waals surface area contributed by atoms with Crippen molar-refractivity contribution in [2.75, 3.05) is 13.2 Å². The van der Waals surface area contributed by atoms with Crippen LogP contribution in [-0.2, 0) is 21.1 Å². The second-order valence-corrected chi connectivity index (χ2v) is 9.15. The van der Waals surface area contributed by atoms with E-state index in [0.29, 0.717) is 18.9 Å². The summed E-state index contributed by atoms with van der Waals surface area (Å²) in [6, 6.07) is 14.3. The molecule has 0 radical (unpaired) electrons. The van der Waals surface area contributed by atoms with Crippen LogP contribution in [0.4, 0.5) is 0 Å². The molecule has 1 aromatic carbocycles. The maximum absolute atomic E-state index is 13.2. The lowest BCUT2D eigenvalue weighted by Crippen LogP contribution is -2.36. The van der Waals surface area contributed by atoms with E-state index in [1.165, 1.54) is 24.3 Å². The highest BCUT2D eigenvalue weighted by molar-refractivity contribution is 7.91. The molecule has 1 aliphatic rings. The van der Waals surface area contributed by atoms with Crippen LogP contribution in [0.25, 0.3) is 0 Å². The molecule has 1 atom stereocenters. The Morgan fingerprint density at radius 3 is 2.53 bits per heavy atom. The largest absolute Gasteiger partial charge is 0.464 e. The van der Waals surface area contributed by atoms with Crippen LogP contribution in [0, 0.1) is 6.92 Å². The van der Waals surface area contributed by atoms with Gasteiger partial charge in [-0.25, -0.2) is 8.42 Å². The molecule has 1 amide bonds. The quantitative estimate of drug-likeness (QED) is 0.567. The van der Waals surface area contributed by atoms with Gasteiger partial charge in [0.1, 0.15) is 11.5 Å². The number of sulfone groups is 1. The summed E-state index contributed by atoms with van der Waals surface area (Å²) in [5.74, 6) is 0.950. The molecule has 2 aromatic heterocycles. The molecule has 3 aromatic rings. The van der Waals surface area contributed by atoms with Gasteiger partial charge in [-0.1, -0.05) is 18.2 Å². The number of carbonyl (C=O) groups is 1. The first-order chi connectivity index (χ1) is 14.4. The molecule has 0 spiro atoms.